The molecule has 0 aliphatic carbocycles. The van der Waals surface area contributed by atoms with Crippen LogP contribution in [0.3, 0.4) is 0 Å². The van der Waals surface area contributed by atoms with Gasteiger partial charge in [0, 0.05) is 0 Å². The van der Waals surface area contributed by atoms with Crippen LogP contribution in [-0.2, 0) is 0 Å². The molecule has 0 heterocycles. The quantitative estimate of drug-likeness (QED) is 0.573. The van der Waals surface area contributed by atoms with Gasteiger partial charge in [-0.2, -0.15) is 0 Å². The van der Waals surface area contributed by atoms with Crippen molar-refractivity contribution in [2.75, 3.05) is 6.54 Å². The molecular formula is C8H21N. The van der Waals surface area contributed by atoms with Gasteiger partial charge in [0.05, 0.1) is 0 Å². The third-order valence-corrected chi connectivity index (χ3v) is 0.558. The van der Waals surface area contributed by atoms with E-state index in [1.54, 1.807) is 0 Å². The monoisotopic (exact) mass is 131 g/mol. The molecule has 0 aliphatic rings. The second-order valence-corrected chi connectivity index (χ2v) is 1.14. The summed E-state index contributed by atoms with van der Waals surface area (Å²) in [6.07, 6.45) is 2.39. The summed E-state index contributed by atoms with van der Waals surface area (Å²) in [6, 6.07) is 0. The first-order chi connectivity index (χ1) is 4.41. The molecule has 0 amide bonds. The molecule has 0 spiro atoms. The molecule has 0 bridgehead atoms. The van der Waals surface area contributed by atoms with Crippen molar-refractivity contribution in [3.8, 4) is 0 Å². The Morgan fingerprint density at radius 2 is 1.56 bits per heavy atom. The summed E-state index contributed by atoms with van der Waals surface area (Å²) in [5.41, 5.74) is 5.14. The Balaban J connectivity index is -0.0000000771. The largest absolute Gasteiger partial charge is 0.330 e. The Morgan fingerprint density at radius 1 is 1.22 bits per heavy atom. The molecular weight excluding hydrogens is 110 g/mol. The molecule has 0 rings (SSSR count). The van der Waals surface area contributed by atoms with E-state index < -0.39 is 0 Å². The van der Waals surface area contributed by atoms with Crippen LogP contribution in [0.5, 0.6) is 0 Å². The summed E-state index contributed by atoms with van der Waals surface area (Å²) < 4.78 is 0. The van der Waals surface area contributed by atoms with Crippen molar-refractivity contribution in [1.82, 2.24) is 0 Å². The molecule has 0 atom stereocenters. The molecule has 0 saturated carbocycles. The normalized spacial score (nSPS) is 5.78. The average Bonchev–Trinajstić information content (AvgIpc) is 1.98. The van der Waals surface area contributed by atoms with Gasteiger partial charge in [0.1, 0.15) is 0 Å². The van der Waals surface area contributed by atoms with Gasteiger partial charge in [-0.05, 0) is 13.0 Å². The topological polar surface area (TPSA) is 26.0 Å². The van der Waals surface area contributed by atoms with Crippen LogP contribution < -0.4 is 5.73 Å². The Hall–Kier alpha value is -0.300. The lowest BCUT2D eigenvalue weighted by Crippen LogP contribution is -1.95. The molecule has 0 saturated heterocycles. The van der Waals surface area contributed by atoms with Gasteiger partial charge in [0.2, 0.25) is 0 Å². The fourth-order valence-corrected chi connectivity index (χ4v) is 0.204. The lowest BCUT2D eigenvalue weighted by atomic mass is 10.3. The van der Waals surface area contributed by atoms with Crippen LogP contribution in [-0.4, -0.2) is 6.54 Å². The van der Waals surface area contributed by atoms with Gasteiger partial charge < -0.3 is 5.73 Å². The lowest BCUT2D eigenvalue weighted by Gasteiger charge is -1.80. The van der Waals surface area contributed by atoms with Crippen LogP contribution >= 0.6 is 0 Å². The number of unbranched alkanes of at least 4 members (excludes halogenated alkanes) is 1. The third-order valence-electron chi connectivity index (χ3n) is 0.558. The SMILES string of the molecule is C=C.CC.CCCCN. The maximum atomic E-state index is 5.14. The van der Waals surface area contributed by atoms with Crippen LogP contribution in [0.2, 0.25) is 0 Å². The maximum absolute atomic E-state index is 5.14. The zero-order valence-electron chi connectivity index (χ0n) is 7.11. The molecule has 0 aliphatic heterocycles. The zero-order chi connectivity index (χ0) is 8.12. The molecule has 0 aromatic carbocycles. The number of nitrogens with two attached hydrogens (primary N) is 1. The fourth-order valence-electron chi connectivity index (χ4n) is 0.204. The van der Waals surface area contributed by atoms with Crippen molar-refractivity contribution < 1.29 is 0 Å². The van der Waals surface area contributed by atoms with Crippen molar-refractivity contribution >= 4 is 0 Å². The lowest BCUT2D eigenvalue weighted by molar-refractivity contribution is 0.807. The minimum Gasteiger partial charge on any atom is -0.330 e. The van der Waals surface area contributed by atoms with Crippen molar-refractivity contribution in [1.29, 1.82) is 0 Å². The predicted molar refractivity (Wildman–Crippen MR) is 46.6 cm³/mol. The summed E-state index contributed by atoms with van der Waals surface area (Å²) >= 11 is 0. The number of hydrogen-bond donors (Lipinski definition) is 1. The zero-order valence-corrected chi connectivity index (χ0v) is 7.11. The first-order valence-corrected chi connectivity index (χ1v) is 3.62. The molecule has 2 N–H and O–H groups in total. The molecule has 1 heteroatoms. The Labute approximate surface area is 60.0 Å². The highest BCUT2D eigenvalue weighted by Crippen LogP contribution is 1.77. The van der Waals surface area contributed by atoms with Crippen molar-refractivity contribution in [3.05, 3.63) is 13.2 Å². The predicted octanol–water partition coefficient (Wildman–Crippen LogP) is 2.57. The van der Waals surface area contributed by atoms with E-state index in [-0.39, 0.29) is 0 Å². The van der Waals surface area contributed by atoms with E-state index in [0.717, 1.165) is 6.54 Å². The highest BCUT2D eigenvalue weighted by Gasteiger charge is 1.67. The van der Waals surface area contributed by atoms with Crippen molar-refractivity contribution in [2.24, 2.45) is 5.73 Å². The highest BCUT2D eigenvalue weighted by molar-refractivity contribution is 4.29. The molecule has 0 aromatic heterocycles. The summed E-state index contributed by atoms with van der Waals surface area (Å²) in [7, 11) is 0. The highest BCUT2D eigenvalue weighted by atomic mass is 14.5. The first kappa shape index (κ1) is 15.9. The van der Waals surface area contributed by atoms with Crippen LogP contribution in [0.15, 0.2) is 13.2 Å². The van der Waals surface area contributed by atoms with Gasteiger partial charge in [-0.25, -0.2) is 0 Å². The second-order valence-electron chi connectivity index (χ2n) is 1.14. The van der Waals surface area contributed by atoms with Gasteiger partial charge in [-0.15, -0.1) is 13.2 Å². The van der Waals surface area contributed by atoms with Gasteiger partial charge in [-0.3, -0.25) is 0 Å². The van der Waals surface area contributed by atoms with E-state index in [1.165, 1.54) is 12.8 Å². The minimum absolute atomic E-state index is 0.844. The molecule has 0 fully saturated rings. The fraction of sp³-hybridized carbons (Fsp3) is 0.750. The summed E-state index contributed by atoms with van der Waals surface area (Å²) in [5.74, 6) is 0. The Kier molecular flexibility index (Phi) is 83.6. The van der Waals surface area contributed by atoms with E-state index in [0.29, 0.717) is 0 Å². The molecule has 1 nitrogen and oxygen atoms in total. The average molecular weight is 131 g/mol. The van der Waals surface area contributed by atoms with E-state index in [1.807, 2.05) is 13.8 Å². The Morgan fingerprint density at radius 3 is 1.56 bits per heavy atom. The molecule has 0 aromatic rings. The summed E-state index contributed by atoms with van der Waals surface area (Å²) in [6.45, 7) is 13.0. The summed E-state index contributed by atoms with van der Waals surface area (Å²) in [5, 5.41) is 0. The van der Waals surface area contributed by atoms with E-state index in [9.17, 15) is 0 Å². The molecule has 9 heavy (non-hydrogen) atoms. The third kappa shape index (κ3) is 86.6. The number of hydrogen-bond acceptors (Lipinski definition) is 1. The maximum Gasteiger partial charge on any atom is -0.00774 e. The van der Waals surface area contributed by atoms with Gasteiger partial charge in [-0.1, -0.05) is 27.2 Å². The van der Waals surface area contributed by atoms with Crippen molar-refractivity contribution in [3.63, 3.8) is 0 Å². The summed E-state index contributed by atoms with van der Waals surface area (Å²) in [4.78, 5) is 0. The van der Waals surface area contributed by atoms with E-state index in [4.69, 9.17) is 5.73 Å². The van der Waals surface area contributed by atoms with Crippen LogP contribution in [0.25, 0.3) is 0 Å². The first-order valence-electron chi connectivity index (χ1n) is 3.62. The van der Waals surface area contributed by atoms with Crippen LogP contribution in [0, 0.1) is 0 Å². The Bertz CT molecular complexity index is 18.5. The molecule has 58 valence electrons. The van der Waals surface area contributed by atoms with Crippen molar-refractivity contribution in [2.45, 2.75) is 33.6 Å². The van der Waals surface area contributed by atoms with E-state index >= 15 is 0 Å². The second kappa shape index (κ2) is 47.4. The van der Waals surface area contributed by atoms with E-state index in [2.05, 4.69) is 20.1 Å². The minimum atomic E-state index is 0.844. The van der Waals surface area contributed by atoms with Gasteiger partial charge in [0.15, 0.2) is 0 Å². The van der Waals surface area contributed by atoms with Crippen LogP contribution in [0.1, 0.15) is 33.6 Å². The smallest absolute Gasteiger partial charge is 0.00774 e. The molecule has 0 unspecified atom stereocenters. The van der Waals surface area contributed by atoms with Gasteiger partial charge in [0.25, 0.3) is 0 Å². The standard InChI is InChI=1S/C4H11N.C2H6.C2H4/c1-2-3-4-5;2*1-2/h2-5H2,1H3;1-2H3;1-2H2. The van der Waals surface area contributed by atoms with Crippen LogP contribution in [0.4, 0.5) is 0 Å². The number of rotatable bonds is 2. The molecule has 0 radical (unpaired) electrons. The van der Waals surface area contributed by atoms with Gasteiger partial charge >= 0.3 is 0 Å².